The fourth-order valence-electron chi connectivity index (χ4n) is 3.46. The van der Waals surface area contributed by atoms with Gasteiger partial charge in [-0.25, -0.2) is 14.1 Å². The fourth-order valence-corrected chi connectivity index (χ4v) is 3.46. The van der Waals surface area contributed by atoms with E-state index in [0.29, 0.717) is 11.5 Å². The second-order valence-corrected chi connectivity index (χ2v) is 7.51. The Bertz CT molecular complexity index is 1150. The van der Waals surface area contributed by atoms with Gasteiger partial charge in [-0.05, 0) is 38.2 Å². The summed E-state index contributed by atoms with van der Waals surface area (Å²) in [7, 11) is 2.09. The van der Waals surface area contributed by atoms with Crippen LogP contribution < -0.4 is 15.6 Å². The van der Waals surface area contributed by atoms with Crippen molar-refractivity contribution in [3.05, 3.63) is 76.1 Å². The summed E-state index contributed by atoms with van der Waals surface area (Å²) in [4.78, 5) is 33.9. The van der Waals surface area contributed by atoms with E-state index in [0.717, 1.165) is 31.9 Å². The molecule has 160 valence electrons. The van der Waals surface area contributed by atoms with Crippen LogP contribution in [0.2, 0.25) is 0 Å². The second-order valence-electron chi connectivity index (χ2n) is 7.51. The molecule has 0 atom stereocenters. The highest BCUT2D eigenvalue weighted by molar-refractivity contribution is 6.02. The zero-order valence-electron chi connectivity index (χ0n) is 17.4. The van der Waals surface area contributed by atoms with Crippen LogP contribution in [0.4, 0.5) is 15.9 Å². The first-order valence-corrected chi connectivity index (χ1v) is 9.99. The molecule has 9 heteroatoms. The van der Waals surface area contributed by atoms with Crippen LogP contribution in [0.1, 0.15) is 16.2 Å². The Kier molecular flexibility index (Phi) is 5.77. The Labute approximate surface area is 178 Å². The van der Waals surface area contributed by atoms with Crippen molar-refractivity contribution in [1.82, 2.24) is 19.7 Å². The number of halogens is 1. The van der Waals surface area contributed by atoms with Gasteiger partial charge in [-0.1, -0.05) is 12.1 Å². The Morgan fingerprint density at radius 1 is 1.10 bits per heavy atom. The molecule has 3 heterocycles. The van der Waals surface area contributed by atoms with Crippen LogP contribution in [0.25, 0.3) is 5.69 Å². The van der Waals surface area contributed by atoms with Crippen molar-refractivity contribution in [2.24, 2.45) is 0 Å². The molecule has 1 amide bonds. The van der Waals surface area contributed by atoms with E-state index in [4.69, 9.17) is 0 Å². The first-order chi connectivity index (χ1) is 14.9. The van der Waals surface area contributed by atoms with E-state index < -0.39 is 17.2 Å². The van der Waals surface area contributed by atoms with Crippen LogP contribution in [-0.4, -0.2) is 58.8 Å². The van der Waals surface area contributed by atoms with E-state index in [1.165, 1.54) is 22.9 Å². The summed E-state index contributed by atoms with van der Waals surface area (Å²) >= 11 is 0. The molecule has 31 heavy (non-hydrogen) atoms. The van der Waals surface area contributed by atoms with Gasteiger partial charge in [0.15, 0.2) is 5.69 Å². The Morgan fingerprint density at radius 2 is 1.84 bits per heavy atom. The minimum absolute atomic E-state index is 0.156. The number of nitrogens with zero attached hydrogens (tertiary/aromatic N) is 5. The average Bonchev–Trinajstić information content (AvgIpc) is 2.76. The molecule has 4 rings (SSSR count). The van der Waals surface area contributed by atoms with Gasteiger partial charge in [0.1, 0.15) is 17.3 Å². The predicted molar refractivity (Wildman–Crippen MR) is 116 cm³/mol. The first kappa shape index (κ1) is 20.7. The number of para-hydroxylation sites is 1. The molecule has 8 nitrogen and oxygen atoms in total. The molecule has 1 saturated heterocycles. The molecule has 1 aliphatic heterocycles. The van der Waals surface area contributed by atoms with Crippen molar-refractivity contribution in [2.45, 2.75) is 6.92 Å². The summed E-state index contributed by atoms with van der Waals surface area (Å²) in [6.07, 6.45) is 1.70. The summed E-state index contributed by atoms with van der Waals surface area (Å²) in [5, 5.41) is 6.71. The van der Waals surface area contributed by atoms with Gasteiger partial charge in [-0.3, -0.25) is 9.59 Å². The molecular weight excluding hydrogens is 399 g/mol. The number of carbonyl (C=O) groups is 1. The molecular formula is C22H23FN6O2. The number of aryl methyl sites for hydroxylation is 1. The van der Waals surface area contributed by atoms with Gasteiger partial charge in [-0.2, -0.15) is 5.10 Å². The van der Waals surface area contributed by atoms with Gasteiger partial charge in [0.2, 0.25) is 5.43 Å². The lowest BCUT2D eigenvalue weighted by atomic mass is 10.2. The number of rotatable bonds is 4. The van der Waals surface area contributed by atoms with Gasteiger partial charge >= 0.3 is 0 Å². The zero-order chi connectivity index (χ0) is 22.0. The van der Waals surface area contributed by atoms with Gasteiger partial charge in [0.25, 0.3) is 5.91 Å². The number of aromatic nitrogens is 3. The second kappa shape index (κ2) is 8.65. The van der Waals surface area contributed by atoms with E-state index in [-0.39, 0.29) is 11.4 Å². The van der Waals surface area contributed by atoms with Crippen molar-refractivity contribution in [3.8, 4) is 5.69 Å². The quantitative estimate of drug-likeness (QED) is 0.693. The highest BCUT2D eigenvalue weighted by Crippen LogP contribution is 2.17. The smallest absolute Gasteiger partial charge is 0.281 e. The number of hydrogen-bond acceptors (Lipinski definition) is 6. The van der Waals surface area contributed by atoms with E-state index in [1.807, 2.05) is 6.07 Å². The van der Waals surface area contributed by atoms with Gasteiger partial charge < -0.3 is 15.1 Å². The SMILES string of the molecule is Cc1cc(=O)c(C(=O)Nc2ccc(N3CCN(C)CC3)cn2)nn1-c1ccccc1F. The topological polar surface area (TPSA) is 83.4 Å². The maximum absolute atomic E-state index is 14.2. The van der Waals surface area contributed by atoms with E-state index in [9.17, 15) is 14.0 Å². The molecule has 0 saturated carbocycles. The normalized spacial score (nSPS) is 14.5. The predicted octanol–water partition coefficient (Wildman–Crippen LogP) is 2.08. The maximum Gasteiger partial charge on any atom is 0.281 e. The third-order valence-electron chi connectivity index (χ3n) is 5.26. The molecule has 1 fully saturated rings. The number of anilines is 2. The summed E-state index contributed by atoms with van der Waals surface area (Å²) in [6, 6.07) is 10.9. The molecule has 0 unspecified atom stereocenters. The van der Waals surface area contributed by atoms with Crippen LogP contribution in [-0.2, 0) is 0 Å². The molecule has 1 aliphatic rings. The lowest BCUT2D eigenvalue weighted by Crippen LogP contribution is -2.44. The monoisotopic (exact) mass is 422 g/mol. The van der Waals surface area contributed by atoms with Crippen LogP contribution in [0.15, 0.2) is 53.5 Å². The summed E-state index contributed by atoms with van der Waals surface area (Å²) in [5.74, 6) is -0.897. The molecule has 0 aliphatic carbocycles. The highest BCUT2D eigenvalue weighted by Gasteiger charge is 2.18. The Hall–Kier alpha value is -3.59. The third-order valence-corrected chi connectivity index (χ3v) is 5.26. The number of amides is 1. The van der Waals surface area contributed by atoms with Crippen molar-refractivity contribution >= 4 is 17.4 Å². The summed E-state index contributed by atoms with van der Waals surface area (Å²) in [5.41, 5.74) is 0.668. The number of likely N-dealkylation sites (N-methyl/N-ethyl adjacent to an activating group) is 1. The average molecular weight is 422 g/mol. The Balaban J connectivity index is 1.54. The van der Waals surface area contributed by atoms with Gasteiger partial charge in [0, 0.05) is 37.9 Å². The third kappa shape index (κ3) is 4.46. The molecule has 0 bridgehead atoms. The maximum atomic E-state index is 14.2. The molecule has 3 aromatic rings. The van der Waals surface area contributed by atoms with Crippen LogP contribution in [0, 0.1) is 12.7 Å². The minimum atomic E-state index is -0.699. The van der Waals surface area contributed by atoms with E-state index in [1.54, 1.807) is 31.3 Å². The van der Waals surface area contributed by atoms with Crippen molar-refractivity contribution < 1.29 is 9.18 Å². The lowest BCUT2D eigenvalue weighted by molar-refractivity contribution is 0.101. The number of hydrogen-bond donors (Lipinski definition) is 1. The summed E-state index contributed by atoms with van der Waals surface area (Å²) in [6.45, 7) is 5.40. The van der Waals surface area contributed by atoms with Gasteiger partial charge in [-0.15, -0.1) is 0 Å². The van der Waals surface area contributed by atoms with Crippen molar-refractivity contribution in [3.63, 3.8) is 0 Å². The minimum Gasteiger partial charge on any atom is -0.368 e. The van der Waals surface area contributed by atoms with Crippen molar-refractivity contribution in [2.75, 3.05) is 43.4 Å². The molecule has 1 N–H and O–H groups in total. The van der Waals surface area contributed by atoms with E-state index in [2.05, 4.69) is 32.2 Å². The lowest BCUT2D eigenvalue weighted by Gasteiger charge is -2.33. The number of carbonyl (C=O) groups excluding carboxylic acids is 1. The number of nitrogens with one attached hydrogen (secondary N) is 1. The van der Waals surface area contributed by atoms with Gasteiger partial charge in [0.05, 0.1) is 11.9 Å². The highest BCUT2D eigenvalue weighted by atomic mass is 19.1. The number of pyridine rings is 1. The molecule has 1 aromatic carbocycles. The van der Waals surface area contributed by atoms with E-state index >= 15 is 0 Å². The Morgan fingerprint density at radius 3 is 2.52 bits per heavy atom. The fraction of sp³-hybridized carbons (Fsp3) is 0.273. The molecule has 0 radical (unpaired) electrons. The summed E-state index contributed by atoms with van der Waals surface area (Å²) < 4.78 is 15.4. The zero-order valence-corrected chi connectivity index (χ0v) is 17.4. The first-order valence-electron chi connectivity index (χ1n) is 9.99. The van der Waals surface area contributed by atoms with Crippen LogP contribution >= 0.6 is 0 Å². The van der Waals surface area contributed by atoms with Crippen molar-refractivity contribution in [1.29, 1.82) is 0 Å². The standard InChI is InChI=1S/C22H23FN6O2/c1-15-13-19(30)21(26-29(15)18-6-4-3-5-17(18)23)22(31)25-20-8-7-16(14-24-20)28-11-9-27(2)10-12-28/h3-8,13-14H,9-12H2,1-2H3,(H,24,25,31). The largest absolute Gasteiger partial charge is 0.368 e. The number of piperazine rings is 1. The number of benzene rings is 1. The van der Waals surface area contributed by atoms with Crippen LogP contribution in [0.5, 0.6) is 0 Å². The molecule has 0 spiro atoms. The van der Waals surface area contributed by atoms with Crippen LogP contribution in [0.3, 0.4) is 0 Å². The molecule has 2 aromatic heterocycles.